The molecular formula is C17H21FN2O. The molecule has 2 rings (SSSR count). The molecule has 0 aliphatic heterocycles. The number of carbonyl (C=O) groups is 1. The van der Waals surface area contributed by atoms with Crippen LogP contribution in [0, 0.1) is 23.6 Å². The van der Waals surface area contributed by atoms with E-state index in [4.69, 9.17) is 5.73 Å². The molecule has 1 aromatic carbocycles. The Labute approximate surface area is 125 Å². The van der Waals surface area contributed by atoms with Gasteiger partial charge in [0.25, 0.3) is 5.91 Å². The molecule has 4 heteroatoms. The van der Waals surface area contributed by atoms with Crippen LogP contribution in [-0.2, 0) is 0 Å². The SMILES string of the molecule is CCC(CC1CC1)NC(=O)c1ccc(C#CCN)cc1F. The fourth-order valence-electron chi connectivity index (χ4n) is 2.28. The molecule has 0 bridgehead atoms. The summed E-state index contributed by atoms with van der Waals surface area (Å²) in [5, 5.41) is 2.92. The first-order valence-corrected chi connectivity index (χ1v) is 7.43. The fourth-order valence-corrected chi connectivity index (χ4v) is 2.28. The van der Waals surface area contributed by atoms with Crippen molar-refractivity contribution in [3.63, 3.8) is 0 Å². The third-order valence-electron chi connectivity index (χ3n) is 3.69. The Morgan fingerprint density at radius 1 is 1.52 bits per heavy atom. The maximum atomic E-state index is 14.0. The van der Waals surface area contributed by atoms with Crippen molar-refractivity contribution < 1.29 is 9.18 Å². The predicted molar refractivity (Wildman–Crippen MR) is 81.2 cm³/mol. The molecule has 0 aromatic heterocycles. The number of nitrogens with two attached hydrogens (primary N) is 1. The van der Waals surface area contributed by atoms with Crippen molar-refractivity contribution in [1.82, 2.24) is 5.32 Å². The van der Waals surface area contributed by atoms with Crippen molar-refractivity contribution in [1.29, 1.82) is 0 Å². The molecule has 21 heavy (non-hydrogen) atoms. The average Bonchev–Trinajstić information content (AvgIpc) is 3.28. The van der Waals surface area contributed by atoms with Gasteiger partial charge in [0.05, 0.1) is 12.1 Å². The molecule has 1 fully saturated rings. The second-order valence-electron chi connectivity index (χ2n) is 5.46. The molecular weight excluding hydrogens is 267 g/mol. The zero-order valence-electron chi connectivity index (χ0n) is 12.3. The lowest BCUT2D eigenvalue weighted by atomic mass is 10.1. The molecule has 0 heterocycles. The molecule has 0 saturated heterocycles. The summed E-state index contributed by atoms with van der Waals surface area (Å²) in [4.78, 5) is 12.2. The minimum absolute atomic E-state index is 0.0718. The summed E-state index contributed by atoms with van der Waals surface area (Å²) in [7, 11) is 0. The van der Waals surface area contributed by atoms with Crippen LogP contribution in [0.25, 0.3) is 0 Å². The van der Waals surface area contributed by atoms with Crippen LogP contribution in [0.5, 0.6) is 0 Å². The Morgan fingerprint density at radius 3 is 2.86 bits per heavy atom. The normalized spacial score (nSPS) is 15.0. The van der Waals surface area contributed by atoms with Crippen LogP contribution in [0.1, 0.15) is 48.5 Å². The highest BCUT2D eigenvalue weighted by Gasteiger charge is 2.26. The van der Waals surface area contributed by atoms with Crippen LogP contribution >= 0.6 is 0 Å². The lowest BCUT2D eigenvalue weighted by molar-refractivity contribution is 0.0928. The minimum atomic E-state index is -0.544. The third kappa shape index (κ3) is 4.57. The number of hydrogen-bond donors (Lipinski definition) is 2. The molecule has 1 saturated carbocycles. The van der Waals surface area contributed by atoms with E-state index in [-0.39, 0.29) is 24.1 Å². The number of nitrogens with one attached hydrogen (secondary N) is 1. The summed E-state index contributed by atoms with van der Waals surface area (Å²) in [6, 6.07) is 4.53. The highest BCUT2D eigenvalue weighted by atomic mass is 19.1. The van der Waals surface area contributed by atoms with Gasteiger partial charge >= 0.3 is 0 Å². The maximum Gasteiger partial charge on any atom is 0.254 e. The van der Waals surface area contributed by atoms with Gasteiger partial charge in [-0.25, -0.2) is 4.39 Å². The highest BCUT2D eigenvalue weighted by Crippen LogP contribution is 2.34. The van der Waals surface area contributed by atoms with E-state index in [2.05, 4.69) is 17.2 Å². The summed E-state index contributed by atoms with van der Waals surface area (Å²) in [5.74, 6) is 5.25. The van der Waals surface area contributed by atoms with Crippen molar-refractivity contribution in [2.24, 2.45) is 11.7 Å². The molecule has 3 N–H and O–H groups in total. The first-order chi connectivity index (χ1) is 10.1. The number of halogens is 1. The molecule has 112 valence electrons. The summed E-state index contributed by atoms with van der Waals surface area (Å²) in [5.41, 5.74) is 5.88. The third-order valence-corrected chi connectivity index (χ3v) is 3.69. The van der Waals surface area contributed by atoms with E-state index in [0.29, 0.717) is 5.56 Å². The van der Waals surface area contributed by atoms with Gasteiger partial charge < -0.3 is 11.1 Å². The van der Waals surface area contributed by atoms with Crippen molar-refractivity contribution >= 4 is 5.91 Å². The van der Waals surface area contributed by atoms with Crippen molar-refractivity contribution in [3.05, 3.63) is 35.1 Å². The van der Waals surface area contributed by atoms with Gasteiger partial charge in [0.1, 0.15) is 5.82 Å². The lowest BCUT2D eigenvalue weighted by Crippen LogP contribution is -2.35. The van der Waals surface area contributed by atoms with E-state index in [1.165, 1.54) is 25.0 Å². The fraction of sp³-hybridized carbons (Fsp3) is 0.471. The molecule has 1 aromatic rings. The number of carbonyl (C=O) groups excluding carboxylic acids is 1. The zero-order valence-corrected chi connectivity index (χ0v) is 12.3. The molecule has 0 spiro atoms. The van der Waals surface area contributed by atoms with Crippen LogP contribution in [-0.4, -0.2) is 18.5 Å². The van der Waals surface area contributed by atoms with Crippen LogP contribution in [0.4, 0.5) is 4.39 Å². The maximum absolute atomic E-state index is 14.0. The quantitative estimate of drug-likeness (QED) is 0.818. The summed E-state index contributed by atoms with van der Waals surface area (Å²) < 4.78 is 14.0. The number of rotatable bonds is 5. The van der Waals surface area contributed by atoms with Gasteiger partial charge in [-0.05, 0) is 37.0 Å². The van der Waals surface area contributed by atoms with Crippen molar-refractivity contribution in [3.8, 4) is 11.8 Å². The van der Waals surface area contributed by atoms with Gasteiger partial charge in [-0.1, -0.05) is 31.6 Å². The van der Waals surface area contributed by atoms with E-state index in [9.17, 15) is 9.18 Å². The summed E-state index contributed by atoms with van der Waals surface area (Å²) in [6.07, 6.45) is 4.35. The molecule has 1 aliphatic rings. The van der Waals surface area contributed by atoms with E-state index in [1.807, 2.05) is 6.92 Å². The Balaban J connectivity index is 2.03. The first kappa shape index (κ1) is 15.5. The largest absolute Gasteiger partial charge is 0.349 e. The summed E-state index contributed by atoms with van der Waals surface area (Å²) >= 11 is 0. The van der Waals surface area contributed by atoms with E-state index < -0.39 is 5.82 Å². The standard InChI is InChI=1S/C17H21FN2O/c1-2-14(10-13-5-6-13)20-17(21)15-8-7-12(4-3-9-19)11-16(15)18/h7-8,11,13-14H,2,5-6,9-10,19H2,1H3,(H,20,21). The van der Waals surface area contributed by atoms with Gasteiger partial charge in [0.2, 0.25) is 0 Å². The Bertz CT molecular complexity index is 570. The highest BCUT2D eigenvalue weighted by molar-refractivity contribution is 5.94. The van der Waals surface area contributed by atoms with E-state index >= 15 is 0 Å². The summed E-state index contributed by atoms with van der Waals surface area (Å²) in [6.45, 7) is 2.26. The van der Waals surface area contributed by atoms with E-state index in [1.54, 1.807) is 6.07 Å². The molecule has 1 unspecified atom stereocenters. The van der Waals surface area contributed by atoms with Crippen molar-refractivity contribution in [2.45, 2.75) is 38.6 Å². The molecule has 0 radical (unpaired) electrons. The number of hydrogen-bond acceptors (Lipinski definition) is 2. The number of benzene rings is 1. The second kappa shape index (κ2) is 7.24. The van der Waals surface area contributed by atoms with Crippen molar-refractivity contribution in [2.75, 3.05) is 6.54 Å². The topological polar surface area (TPSA) is 55.1 Å². The van der Waals surface area contributed by atoms with Crippen LogP contribution in [0.3, 0.4) is 0 Å². The lowest BCUT2D eigenvalue weighted by Gasteiger charge is -2.17. The molecule has 3 nitrogen and oxygen atoms in total. The minimum Gasteiger partial charge on any atom is -0.349 e. The van der Waals surface area contributed by atoms with Crippen LogP contribution < -0.4 is 11.1 Å². The average molecular weight is 288 g/mol. The van der Waals surface area contributed by atoms with Gasteiger partial charge in [-0.3, -0.25) is 4.79 Å². The second-order valence-corrected chi connectivity index (χ2v) is 5.46. The Hall–Kier alpha value is -1.86. The van der Waals surface area contributed by atoms with Gasteiger partial charge in [-0.15, -0.1) is 0 Å². The smallest absolute Gasteiger partial charge is 0.254 e. The Morgan fingerprint density at radius 2 is 2.29 bits per heavy atom. The van der Waals surface area contributed by atoms with Gasteiger partial charge in [-0.2, -0.15) is 0 Å². The van der Waals surface area contributed by atoms with Crippen LogP contribution in [0.15, 0.2) is 18.2 Å². The first-order valence-electron chi connectivity index (χ1n) is 7.43. The molecule has 1 amide bonds. The van der Waals surface area contributed by atoms with E-state index in [0.717, 1.165) is 18.8 Å². The zero-order chi connectivity index (χ0) is 15.2. The van der Waals surface area contributed by atoms with Crippen LogP contribution in [0.2, 0.25) is 0 Å². The Kier molecular flexibility index (Phi) is 5.35. The molecule has 1 aliphatic carbocycles. The monoisotopic (exact) mass is 288 g/mol. The molecule has 1 atom stereocenters. The van der Waals surface area contributed by atoms with Gasteiger partial charge in [0.15, 0.2) is 0 Å². The number of amides is 1. The van der Waals surface area contributed by atoms with Gasteiger partial charge in [0, 0.05) is 11.6 Å². The predicted octanol–water partition coefficient (Wildman–Crippen LogP) is 2.44.